The van der Waals surface area contributed by atoms with E-state index in [2.05, 4.69) is 5.32 Å². The average Bonchev–Trinajstić information content (AvgIpc) is 2.53. The summed E-state index contributed by atoms with van der Waals surface area (Å²) in [6, 6.07) is 13.0. The first-order chi connectivity index (χ1) is 11.0. The van der Waals surface area contributed by atoms with Crippen LogP contribution in [-0.4, -0.2) is 19.6 Å². The van der Waals surface area contributed by atoms with Crippen LogP contribution in [0.4, 0.5) is 5.69 Å². The Kier molecular flexibility index (Phi) is 5.71. The standard InChI is InChI=1S/C17H19ClN2O3/c1-11(13-5-3-4-6-14(13)18)20-12-7-8-15(22-2)16(9-12)23-10-17(19)21/h3-9,11,20H,10H2,1-2H3,(H2,19,21)/t11-/m1/s1. The molecule has 1 atom stereocenters. The first-order valence-electron chi connectivity index (χ1n) is 7.11. The molecular weight excluding hydrogens is 316 g/mol. The Morgan fingerprint density at radius 1 is 1.26 bits per heavy atom. The molecule has 0 saturated carbocycles. The van der Waals surface area contributed by atoms with Crippen molar-refractivity contribution >= 4 is 23.2 Å². The zero-order chi connectivity index (χ0) is 16.8. The largest absolute Gasteiger partial charge is 0.493 e. The minimum Gasteiger partial charge on any atom is -0.493 e. The summed E-state index contributed by atoms with van der Waals surface area (Å²) < 4.78 is 10.6. The fourth-order valence-electron chi connectivity index (χ4n) is 2.18. The van der Waals surface area contributed by atoms with Crippen LogP contribution in [0.2, 0.25) is 5.02 Å². The highest BCUT2D eigenvalue weighted by Gasteiger charge is 2.12. The van der Waals surface area contributed by atoms with E-state index < -0.39 is 5.91 Å². The molecule has 0 aromatic heterocycles. The number of amides is 1. The molecule has 3 N–H and O–H groups in total. The summed E-state index contributed by atoms with van der Waals surface area (Å²) >= 11 is 6.21. The van der Waals surface area contributed by atoms with Crippen molar-refractivity contribution in [1.29, 1.82) is 0 Å². The van der Waals surface area contributed by atoms with Gasteiger partial charge in [0.1, 0.15) is 0 Å². The van der Waals surface area contributed by atoms with Crippen LogP contribution in [-0.2, 0) is 4.79 Å². The number of ether oxygens (including phenoxy) is 2. The Balaban J connectivity index is 2.18. The van der Waals surface area contributed by atoms with Gasteiger partial charge in [-0.3, -0.25) is 4.79 Å². The summed E-state index contributed by atoms with van der Waals surface area (Å²) in [5.41, 5.74) is 6.92. The molecule has 0 fully saturated rings. The molecule has 6 heteroatoms. The van der Waals surface area contributed by atoms with Crippen molar-refractivity contribution in [3.05, 3.63) is 53.1 Å². The van der Waals surface area contributed by atoms with Crippen LogP contribution < -0.4 is 20.5 Å². The van der Waals surface area contributed by atoms with Crippen molar-refractivity contribution in [2.45, 2.75) is 13.0 Å². The number of carbonyl (C=O) groups excluding carboxylic acids is 1. The summed E-state index contributed by atoms with van der Waals surface area (Å²) in [4.78, 5) is 10.9. The quantitative estimate of drug-likeness (QED) is 0.814. The Bertz CT molecular complexity index is 691. The number of hydrogen-bond acceptors (Lipinski definition) is 4. The number of methoxy groups -OCH3 is 1. The molecule has 0 unspecified atom stereocenters. The molecule has 0 aliphatic carbocycles. The monoisotopic (exact) mass is 334 g/mol. The van der Waals surface area contributed by atoms with E-state index in [0.717, 1.165) is 11.3 Å². The van der Waals surface area contributed by atoms with E-state index in [-0.39, 0.29) is 12.6 Å². The van der Waals surface area contributed by atoms with Gasteiger partial charge >= 0.3 is 0 Å². The molecule has 0 aliphatic heterocycles. The van der Waals surface area contributed by atoms with Crippen LogP contribution >= 0.6 is 11.6 Å². The summed E-state index contributed by atoms with van der Waals surface area (Å²) in [5, 5.41) is 4.04. The Morgan fingerprint density at radius 3 is 2.65 bits per heavy atom. The van der Waals surface area contributed by atoms with Crippen LogP contribution in [0, 0.1) is 0 Å². The maximum Gasteiger partial charge on any atom is 0.255 e. The van der Waals surface area contributed by atoms with E-state index >= 15 is 0 Å². The lowest BCUT2D eigenvalue weighted by molar-refractivity contribution is -0.119. The molecular formula is C17H19ClN2O3. The van der Waals surface area contributed by atoms with Gasteiger partial charge in [-0.15, -0.1) is 0 Å². The van der Waals surface area contributed by atoms with Gasteiger partial charge in [0.15, 0.2) is 18.1 Å². The number of rotatable bonds is 7. The third kappa shape index (κ3) is 4.53. The number of benzene rings is 2. The first kappa shape index (κ1) is 17.0. The molecule has 2 aromatic carbocycles. The molecule has 23 heavy (non-hydrogen) atoms. The molecule has 0 radical (unpaired) electrons. The molecule has 5 nitrogen and oxygen atoms in total. The van der Waals surface area contributed by atoms with Gasteiger partial charge in [-0.1, -0.05) is 29.8 Å². The summed E-state index contributed by atoms with van der Waals surface area (Å²) in [7, 11) is 1.53. The molecule has 0 bridgehead atoms. The minimum atomic E-state index is -0.546. The highest BCUT2D eigenvalue weighted by atomic mass is 35.5. The van der Waals surface area contributed by atoms with Crippen LogP contribution in [0.15, 0.2) is 42.5 Å². The van der Waals surface area contributed by atoms with Gasteiger partial charge in [-0.25, -0.2) is 0 Å². The molecule has 122 valence electrons. The Labute approximate surface area is 140 Å². The van der Waals surface area contributed by atoms with E-state index in [1.54, 1.807) is 12.1 Å². The fourth-order valence-corrected chi connectivity index (χ4v) is 2.48. The zero-order valence-corrected chi connectivity index (χ0v) is 13.8. The van der Waals surface area contributed by atoms with Crippen LogP contribution in [0.1, 0.15) is 18.5 Å². The highest BCUT2D eigenvalue weighted by molar-refractivity contribution is 6.31. The number of anilines is 1. The topological polar surface area (TPSA) is 73.6 Å². The van der Waals surface area contributed by atoms with Crippen molar-refractivity contribution in [3.8, 4) is 11.5 Å². The van der Waals surface area contributed by atoms with E-state index in [4.69, 9.17) is 26.8 Å². The molecule has 0 spiro atoms. The maximum absolute atomic E-state index is 10.9. The van der Waals surface area contributed by atoms with Crippen molar-refractivity contribution in [2.75, 3.05) is 19.0 Å². The van der Waals surface area contributed by atoms with Gasteiger partial charge in [0.25, 0.3) is 5.91 Å². The number of nitrogens with two attached hydrogens (primary N) is 1. The second-order valence-electron chi connectivity index (χ2n) is 5.01. The second-order valence-corrected chi connectivity index (χ2v) is 5.42. The highest BCUT2D eigenvalue weighted by Crippen LogP contribution is 2.32. The predicted octanol–water partition coefficient (Wildman–Crippen LogP) is 3.39. The van der Waals surface area contributed by atoms with Crippen LogP contribution in [0.25, 0.3) is 0 Å². The number of carbonyl (C=O) groups is 1. The number of nitrogens with one attached hydrogen (secondary N) is 1. The summed E-state index contributed by atoms with van der Waals surface area (Å²) in [6.07, 6.45) is 0. The SMILES string of the molecule is COc1ccc(N[C@H](C)c2ccccc2Cl)cc1OCC(N)=O. The van der Waals surface area contributed by atoms with Crippen molar-refractivity contribution in [1.82, 2.24) is 0 Å². The lowest BCUT2D eigenvalue weighted by atomic mass is 10.1. The zero-order valence-electron chi connectivity index (χ0n) is 13.0. The molecule has 2 aromatic rings. The smallest absolute Gasteiger partial charge is 0.255 e. The third-order valence-corrected chi connectivity index (χ3v) is 3.63. The lowest BCUT2D eigenvalue weighted by Crippen LogP contribution is -2.20. The van der Waals surface area contributed by atoms with E-state index in [9.17, 15) is 4.79 Å². The van der Waals surface area contributed by atoms with Crippen LogP contribution in [0.3, 0.4) is 0 Å². The normalized spacial score (nSPS) is 11.6. The van der Waals surface area contributed by atoms with Crippen molar-refractivity contribution in [2.24, 2.45) is 5.73 Å². The maximum atomic E-state index is 10.9. The molecule has 0 heterocycles. The number of halogens is 1. The molecule has 0 saturated heterocycles. The average molecular weight is 335 g/mol. The third-order valence-electron chi connectivity index (χ3n) is 3.29. The molecule has 2 rings (SSSR count). The predicted molar refractivity (Wildman–Crippen MR) is 91.2 cm³/mol. The van der Waals surface area contributed by atoms with Gasteiger partial charge < -0.3 is 20.5 Å². The second kappa shape index (κ2) is 7.74. The summed E-state index contributed by atoms with van der Waals surface area (Å²) in [5.74, 6) is 0.430. The van der Waals surface area contributed by atoms with Crippen molar-refractivity contribution < 1.29 is 14.3 Å². The number of hydrogen-bond donors (Lipinski definition) is 2. The van der Waals surface area contributed by atoms with E-state index in [1.165, 1.54) is 7.11 Å². The molecule has 0 aliphatic rings. The van der Waals surface area contributed by atoms with Crippen LogP contribution in [0.5, 0.6) is 11.5 Å². The van der Waals surface area contributed by atoms with Gasteiger partial charge in [0, 0.05) is 22.8 Å². The first-order valence-corrected chi connectivity index (χ1v) is 7.49. The van der Waals surface area contributed by atoms with E-state index in [0.29, 0.717) is 16.5 Å². The van der Waals surface area contributed by atoms with Gasteiger partial charge in [0.05, 0.1) is 7.11 Å². The summed E-state index contributed by atoms with van der Waals surface area (Å²) in [6.45, 7) is 1.80. The van der Waals surface area contributed by atoms with Gasteiger partial charge in [-0.05, 0) is 30.7 Å². The fraction of sp³-hybridized carbons (Fsp3) is 0.235. The lowest BCUT2D eigenvalue weighted by Gasteiger charge is -2.18. The Morgan fingerprint density at radius 2 is 2.00 bits per heavy atom. The van der Waals surface area contributed by atoms with Crippen molar-refractivity contribution in [3.63, 3.8) is 0 Å². The van der Waals surface area contributed by atoms with Gasteiger partial charge in [-0.2, -0.15) is 0 Å². The molecule has 1 amide bonds. The number of primary amides is 1. The van der Waals surface area contributed by atoms with Gasteiger partial charge in [0.2, 0.25) is 0 Å². The van der Waals surface area contributed by atoms with E-state index in [1.807, 2.05) is 37.3 Å². The minimum absolute atomic E-state index is 0.00100. The Hall–Kier alpha value is -2.40.